The molecule has 0 N–H and O–H groups in total. The summed E-state index contributed by atoms with van der Waals surface area (Å²) < 4.78 is 0. The van der Waals surface area contributed by atoms with E-state index < -0.39 is 0 Å². The van der Waals surface area contributed by atoms with Crippen LogP contribution in [0.25, 0.3) is 42.5 Å². The SMILES string of the molecule is C1C[N-]C2[N-]CCCN2C1.C1C[N-]C2[N-]CCCN2C1.C1C[N-]C2[N-]CCCN2C1.C1C[N-]C2[N-]CCCN2C1.[W]#[W]. The number of fused-ring (bicyclic) bond motifs is 4. The molecule has 8 heterocycles. The van der Waals surface area contributed by atoms with E-state index >= 15 is 0 Å². The van der Waals surface area contributed by atoms with Crippen LogP contribution in [0.3, 0.4) is 0 Å². The van der Waals surface area contributed by atoms with Crippen molar-refractivity contribution in [3.63, 3.8) is 0 Å². The first kappa shape index (κ1) is 35.7. The molecule has 244 valence electrons. The first-order chi connectivity index (χ1) is 20.9. The van der Waals surface area contributed by atoms with E-state index in [-0.39, 0.29) is 25.2 Å². The van der Waals surface area contributed by atoms with Gasteiger partial charge < -0.3 is 62.1 Å². The molecule has 8 aliphatic rings. The second-order valence-corrected chi connectivity index (χ2v) is 11.6. The van der Waals surface area contributed by atoms with Crippen LogP contribution in [-0.4, -0.2) is 149 Å². The van der Waals surface area contributed by atoms with Crippen LogP contribution in [0.15, 0.2) is 0 Å². The molecule has 0 atom stereocenters. The molecule has 8 saturated heterocycles. The van der Waals surface area contributed by atoms with Gasteiger partial charge in [-0.05, 0) is 52.4 Å². The van der Waals surface area contributed by atoms with Gasteiger partial charge in [-0.3, -0.25) is 0 Å². The van der Waals surface area contributed by atoms with Crippen LogP contribution in [0, 0.1) is 0 Å². The molecular formula is C28H52N12W2-8. The molecule has 0 spiro atoms. The van der Waals surface area contributed by atoms with Crippen LogP contribution in [0.4, 0.5) is 0 Å². The van der Waals surface area contributed by atoms with E-state index in [4.69, 9.17) is 0 Å². The van der Waals surface area contributed by atoms with Crippen molar-refractivity contribution in [3.8, 4) is 0 Å². The van der Waals surface area contributed by atoms with Gasteiger partial charge in [0.05, 0.1) is 0 Å². The van der Waals surface area contributed by atoms with Crippen LogP contribution in [-0.2, 0) is 31.9 Å². The van der Waals surface area contributed by atoms with Gasteiger partial charge in [0.2, 0.25) is 0 Å². The Labute approximate surface area is 274 Å². The molecule has 0 aromatic carbocycles. The summed E-state index contributed by atoms with van der Waals surface area (Å²) in [7, 11) is 0. The van der Waals surface area contributed by atoms with Crippen molar-refractivity contribution < 1.29 is 31.9 Å². The molecule has 0 radical (unpaired) electrons. The predicted octanol–water partition coefficient (Wildman–Crippen LogP) is 4.50. The second kappa shape index (κ2) is 21.6. The third kappa shape index (κ3) is 12.3. The summed E-state index contributed by atoms with van der Waals surface area (Å²) in [5.41, 5.74) is 0. The number of hydrogen-bond acceptors (Lipinski definition) is 4. The van der Waals surface area contributed by atoms with Gasteiger partial charge >= 0.3 is 31.9 Å². The average molecular weight is 924 g/mol. The summed E-state index contributed by atoms with van der Waals surface area (Å²) in [5, 5.41) is 35.3. The van der Waals surface area contributed by atoms with Crippen molar-refractivity contribution in [2.75, 3.05) is 105 Å². The Bertz CT molecular complexity index is 520. The van der Waals surface area contributed by atoms with E-state index in [2.05, 4.69) is 62.1 Å². The molecule has 0 bridgehead atoms. The van der Waals surface area contributed by atoms with E-state index in [0.29, 0.717) is 0 Å². The Morgan fingerprint density at radius 1 is 0.286 bits per heavy atom. The minimum absolute atomic E-state index is 0.238. The van der Waals surface area contributed by atoms with E-state index in [0.717, 1.165) is 52.4 Å². The fourth-order valence-electron chi connectivity index (χ4n) is 6.37. The van der Waals surface area contributed by atoms with Gasteiger partial charge in [0, 0.05) is 0 Å². The molecule has 8 rings (SSSR count). The molecule has 8 fully saturated rings. The predicted molar refractivity (Wildman–Crippen MR) is 164 cm³/mol. The van der Waals surface area contributed by atoms with Gasteiger partial charge in [0.15, 0.2) is 0 Å². The van der Waals surface area contributed by atoms with Gasteiger partial charge in [-0.15, -0.1) is 52.4 Å². The first-order valence-electron chi connectivity index (χ1n) is 16.3. The molecule has 0 saturated carbocycles. The molecule has 0 aromatic heterocycles. The Hall–Kier alpha value is 0.897. The van der Waals surface area contributed by atoms with Crippen molar-refractivity contribution in [1.82, 2.24) is 19.6 Å². The Morgan fingerprint density at radius 3 is 0.548 bits per heavy atom. The summed E-state index contributed by atoms with van der Waals surface area (Å²) in [5.74, 6) is 0. The van der Waals surface area contributed by atoms with E-state index in [1.54, 1.807) is 31.9 Å². The van der Waals surface area contributed by atoms with Crippen LogP contribution >= 0.6 is 0 Å². The number of nitrogens with zero attached hydrogens (tertiary/aromatic N) is 12. The molecule has 0 amide bonds. The van der Waals surface area contributed by atoms with Crippen molar-refractivity contribution in [1.29, 1.82) is 0 Å². The zero-order chi connectivity index (χ0) is 29.2. The topological polar surface area (TPSA) is 126 Å². The third-order valence-corrected chi connectivity index (χ3v) is 8.47. The van der Waals surface area contributed by atoms with E-state index in [1.165, 1.54) is 104 Å². The summed E-state index contributed by atoms with van der Waals surface area (Å²) in [6.45, 7) is 17.8. The van der Waals surface area contributed by atoms with Crippen LogP contribution in [0.1, 0.15) is 51.4 Å². The molecule has 0 aliphatic carbocycles. The minimum atomic E-state index is 0.238. The Kier molecular flexibility index (Phi) is 18.4. The Morgan fingerprint density at radius 2 is 0.429 bits per heavy atom. The standard InChI is InChI=1S/4C7H13N3.2W/c4*1-3-8-7-9-4-2-6-10(7)5-1;;/h4*7H,1-6H2;;/q4*-2;;. The van der Waals surface area contributed by atoms with E-state index in [9.17, 15) is 0 Å². The first-order valence-corrected chi connectivity index (χ1v) is 27.3. The number of hydrogen-bond donors (Lipinski definition) is 0. The normalized spacial score (nSPS) is 28.6. The van der Waals surface area contributed by atoms with Gasteiger partial charge in [-0.2, -0.15) is 25.2 Å². The Balaban J connectivity index is 0.000000126. The summed E-state index contributed by atoms with van der Waals surface area (Å²) in [6, 6.07) is 0. The average Bonchev–Trinajstić information content (AvgIpc) is 3.10. The fraction of sp³-hybridized carbons (Fsp3) is 1.00. The molecule has 8 aliphatic heterocycles. The monoisotopic (exact) mass is 924 g/mol. The zero-order valence-corrected chi connectivity index (χ0v) is 31.3. The van der Waals surface area contributed by atoms with Gasteiger partial charge in [-0.25, -0.2) is 0 Å². The molecular weight excluding hydrogens is 872 g/mol. The van der Waals surface area contributed by atoms with Crippen LogP contribution in [0.5, 0.6) is 0 Å². The molecule has 14 heteroatoms. The quantitative estimate of drug-likeness (QED) is 0.355. The van der Waals surface area contributed by atoms with Crippen molar-refractivity contribution in [3.05, 3.63) is 42.5 Å². The molecule has 0 unspecified atom stereocenters. The maximum absolute atomic E-state index is 4.41. The fourth-order valence-corrected chi connectivity index (χ4v) is 6.37. The summed E-state index contributed by atoms with van der Waals surface area (Å²) >= 11 is 3.33. The van der Waals surface area contributed by atoms with Crippen molar-refractivity contribution in [2.45, 2.75) is 76.5 Å². The zero-order valence-electron chi connectivity index (χ0n) is 25.5. The van der Waals surface area contributed by atoms with Crippen LogP contribution < -0.4 is 0 Å². The summed E-state index contributed by atoms with van der Waals surface area (Å²) in [6.07, 6.45) is 10.8. The van der Waals surface area contributed by atoms with Gasteiger partial charge in [-0.1, -0.05) is 51.4 Å². The van der Waals surface area contributed by atoms with Crippen molar-refractivity contribution in [2.24, 2.45) is 0 Å². The maximum atomic E-state index is 4.41. The van der Waals surface area contributed by atoms with E-state index in [1.807, 2.05) is 0 Å². The summed E-state index contributed by atoms with van der Waals surface area (Å²) in [4.78, 5) is 9.47. The van der Waals surface area contributed by atoms with Gasteiger partial charge in [0.25, 0.3) is 0 Å². The number of rotatable bonds is 0. The third-order valence-electron chi connectivity index (χ3n) is 8.47. The molecule has 12 nitrogen and oxygen atoms in total. The second-order valence-electron chi connectivity index (χ2n) is 11.6. The molecule has 0 aromatic rings. The van der Waals surface area contributed by atoms with Gasteiger partial charge in [0.1, 0.15) is 0 Å². The van der Waals surface area contributed by atoms with Crippen LogP contribution in [0.2, 0.25) is 0 Å². The molecule has 42 heavy (non-hydrogen) atoms. The van der Waals surface area contributed by atoms with Crippen molar-refractivity contribution >= 4 is 0 Å².